The molecule has 0 aliphatic heterocycles. The molecule has 0 bridgehead atoms. The highest BCUT2D eigenvalue weighted by Gasteiger charge is 2.35. The molecule has 0 saturated heterocycles. The summed E-state index contributed by atoms with van der Waals surface area (Å²) in [5.74, 6) is -0.917. The second-order valence-electron chi connectivity index (χ2n) is 9.40. The van der Waals surface area contributed by atoms with E-state index in [0.29, 0.717) is 29.1 Å². The highest BCUT2D eigenvalue weighted by Crippen LogP contribution is 2.27. The number of ether oxygens (including phenoxy) is 1. The lowest BCUT2D eigenvalue weighted by atomic mass is 10.1. The first-order valence-corrected chi connectivity index (χ1v) is 14.0. The first kappa shape index (κ1) is 29.7. The van der Waals surface area contributed by atoms with Gasteiger partial charge in [0.05, 0.1) is 4.90 Å². The Hall–Kier alpha value is -3.89. The van der Waals surface area contributed by atoms with Crippen LogP contribution in [0, 0.1) is 20.8 Å². The lowest BCUT2D eigenvalue weighted by molar-refractivity contribution is -0.142. The summed E-state index contributed by atoms with van der Waals surface area (Å²) in [5.41, 5.74) is 4.41. The zero-order chi connectivity index (χ0) is 28.7. The first-order valence-electron chi connectivity index (χ1n) is 12.6. The summed E-state index contributed by atoms with van der Waals surface area (Å²) in [5, 5.41) is 15.4. The molecule has 0 heterocycles. The molecule has 3 N–H and O–H groups in total. The van der Waals surface area contributed by atoms with E-state index in [1.807, 2.05) is 32.0 Å². The lowest BCUT2D eigenvalue weighted by Crippen LogP contribution is -2.46. The molecule has 10 heteroatoms. The summed E-state index contributed by atoms with van der Waals surface area (Å²) in [6.45, 7) is 7.45. The predicted molar refractivity (Wildman–Crippen MR) is 152 cm³/mol. The van der Waals surface area contributed by atoms with Crippen molar-refractivity contribution in [2.24, 2.45) is 0 Å². The molecule has 9 nitrogen and oxygen atoms in total. The van der Waals surface area contributed by atoms with Gasteiger partial charge in [-0.05, 0) is 73.7 Å². The fourth-order valence-electron chi connectivity index (χ4n) is 4.33. The maximum Gasteiger partial charge on any atom is 0.325 e. The molecule has 1 atom stereocenters. The van der Waals surface area contributed by atoms with E-state index in [2.05, 4.69) is 10.6 Å². The van der Waals surface area contributed by atoms with Gasteiger partial charge in [-0.25, -0.2) is 13.2 Å². The maximum atomic E-state index is 13.4. The van der Waals surface area contributed by atoms with Crippen molar-refractivity contribution in [2.45, 2.75) is 45.1 Å². The number of aliphatic carboxylic acids is 1. The lowest BCUT2D eigenvalue weighted by Gasteiger charge is -2.26. The van der Waals surface area contributed by atoms with Crippen molar-refractivity contribution in [3.05, 3.63) is 77.4 Å². The smallest absolute Gasteiger partial charge is 0.325 e. The van der Waals surface area contributed by atoms with E-state index >= 15 is 0 Å². The van der Waals surface area contributed by atoms with Crippen LogP contribution in [0.4, 0.5) is 10.5 Å². The van der Waals surface area contributed by atoms with Crippen molar-refractivity contribution in [3.8, 4) is 16.9 Å². The van der Waals surface area contributed by atoms with Crippen molar-refractivity contribution in [3.63, 3.8) is 0 Å². The summed E-state index contributed by atoms with van der Waals surface area (Å²) in [6.07, 6.45) is 0.841. The highest BCUT2D eigenvalue weighted by atomic mass is 32.2. The number of aryl methyl sites for hydroxylation is 3. The van der Waals surface area contributed by atoms with Gasteiger partial charge in [0.15, 0.2) is 6.04 Å². The van der Waals surface area contributed by atoms with Crippen LogP contribution in [0.2, 0.25) is 0 Å². The minimum Gasteiger partial charge on any atom is -0.491 e. The van der Waals surface area contributed by atoms with E-state index in [-0.39, 0.29) is 17.5 Å². The zero-order valence-corrected chi connectivity index (χ0v) is 23.6. The number of nitrogens with zero attached hydrogens (tertiary/aromatic N) is 1. The molecule has 3 rings (SSSR count). The average Bonchev–Trinajstić information content (AvgIpc) is 2.87. The third-order valence-electron chi connectivity index (χ3n) is 6.22. The number of carboxylic acids is 1. The number of sulfonamides is 1. The average molecular weight is 554 g/mol. The molecule has 0 fully saturated rings. The molecule has 0 spiro atoms. The highest BCUT2D eigenvalue weighted by molar-refractivity contribution is 7.89. The standard InChI is InChI=1S/C29H35N3O6S/c1-6-14-30-29(35)31-24-9-7-8-23(17-24)22-10-12-25(13-11-22)38-18-26(28(33)34)32(5)39(36,37)27-20(3)15-19(2)16-21(27)4/h7-13,15-17,26H,6,14,18H2,1-5H3,(H,33,34)(H2,30,31,35). The Balaban J connectivity index is 1.72. The van der Waals surface area contributed by atoms with Gasteiger partial charge in [0, 0.05) is 19.3 Å². The Morgan fingerprint density at radius 1 is 0.974 bits per heavy atom. The Morgan fingerprint density at radius 3 is 2.21 bits per heavy atom. The quantitative estimate of drug-likeness (QED) is 0.308. The SMILES string of the molecule is CCCNC(=O)Nc1cccc(-c2ccc(OCC(C(=O)O)N(C)S(=O)(=O)c3c(C)cc(C)cc3C)cc2)c1. The van der Waals surface area contributed by atoms with Gasteiger partial charge >= 0.3 is 12.0 Å². The largest absolute Gasteiger partial charge is 0.491 e. The van der Waals surface area contributed by atoms with Crippen LogP contribution in [0.15, 0.2) is 65.6 Å². The number of hydrogen-bond donors (Lipinski definition) is 3. The molecule has 208 valence electrons. The van der Waals surface area contributed by atoms with Crippen LogP contribution >= 0.6 is 0 Å². The van der Waals surface area contributed by atoms with E-state index in [1.54, 1.807) is 56.3 Å². The third-order valence-corrected chi connectivity index (χ3v) is 8.39. The number of urea groups is 1. The molecule has 3 aromatic rings. The predicted octanol–water partition coefficient (Wildman–Crippen LogP) is 4.96. The molecular formula is C29H35N3O6S. The van der Waals surface area contributed by atoms with Crippen LogP contribution in [-0.4, -0.2) is 56.1 Å². The molecule has 0 radical (unpaired) electrons. The van der Waals surface area contributed by atoms with Gasteiger partial charge in [-0.1, -0.05) is 48.9 Å². The van der Waals surface area contributed by atoms with Crippen LogP contribution < -0.4 is 15.4 Å². The molecular weight excluding hydrogens is 518 g/mol. The maximum absolute atomic E-state index is 13.4. The van der Waals surface area contributed by atoms with Crippen molar-refractivity contribution in [1.29, 1.82) is 0 Å². The monoisotopic (exact) mass is 553 g/mol. The second-order valence-corrected chi connectivity index (χ2v) is 11.3. The minimum absolute atomic E-state index is 0.103. The van der Waals surface area contributed by atoms with Crippen LogP contribution in [-0.2, 0) is 14.8 Å². The molecule has 3 aromatic carbocycles. The van der Waals surface area contributed by atoms with Gasteiger partial charge in [-0.2, -0.15) is 4.31 Å². The van der Waals surface area contributed by atoms with Crippen LogP contribution in [0.25, 0.3) is 11.1 Å². The number of likely N-dealkylation sites (N-methyl/N-ethyl adjacent to an activating group) is 1. The number of carbonyl (C=O) groups excluding carboxylic acids is 1. The second kappa shape index (κ2) is 12.8. The Morgan fingerprint density at radius 2 is 1.62 bits per heavy atom. The van der Waals surface area contributed by atoms with Crippen molar-refractivity contribution in [1.82, 2.24) is 9.62 Å². The summed E-state index contributed by atoms with van der Waals surface area (Å²) >= 11 is 0. The Kier molecular flexibility index (Phi) is 9.71. The van der Waals surface area contributed by atoms with Gasteiger partial charge < -0.3 is 20.5 Å². The van der Waals surface area contributed by atoms with Gasteiger partial charge in [-0.3, -0.25) is 4.79 Å². The van der Waals surface area contributed by atoms with Crippen molar-refractivity contribution in [2.75, 3.05) is 25.5 Å². The van der Waals surface area contributed by atoms with Crippen LogP contribution in [0.3, 0.4) is 0 Å². The van der Waals surface area contributed by atoms with E-state index in [1.165, 1.54) is 7.05 Å². The van der Waals surface area contributed by atoms with Crippen molar-refractivity contribution < 1.29 is 27.9 Å². The Bertz CT molecular complexity index is 1410. The number of nitrogens with one attached hydrogen (secondary N) is 2. The number of rotatable bonds is 11. The van der Waals surface area contributed by atoms with Crippen molar-refractivity contribution >= 4 is 27.7 Å². The van der Waals surface area contributed by atoms with Gasteiger partial charge in [-0.15, -0.1) is 0 Å². The number of anilines is 1. The number of hydrogen-bond acceptors (Lipinski definition) is 5. The summed E-state index contributed by atoms with van der Waals surface area (Å²) in [7, 11) is -2.84. The van der Waals surface area contributed by atoms with E-state index < -0.39 is 22.0 Å². The summed E-state index contributed by atoms with van der Waals surface area (Å²) in [6, 6.07) is 16.2. The van der Waals surface area contributed by atoms with Gasteiger partial charge in [0.25, 0.3) is 0 Å². The van der Waals surface area contributed by atoms with E-state index in [9.17, 15) is 23.1 Å². The molecule has 0 saturated carbocycles. The summed E-state index contributed by atoms with van der Waals surface area (Å²) in [4.78, 5) is 24.1. The van der Waals surface area contributed by atoms with E-state index in [4.69, 9.17) is 4.74 Å². The first-order chi connectivity index (χ1) is 18.4. The van der Waals surface area contributed by atoms with Gasteiger partial charge in [0.1, 0.15) is 12.4 Å². The topological polar surface area (TPSA) is 125 Å². The molecule has 1 unspecified atom stereocenters. The molecule has 0 aliphatic rings. The van der Waals surface area contributed by atoms with Crippen LogP contribution in [0.5, 0.6) is 5.75 Å². The molecule has 0 aromatic heterocycles. The molecule has 39 heavy (non-hydrogen) atoms. The number of carboxylic acid groups (broad SMARTS) is 1. The number of carbonyl (C=O) groups is 2. The van der Waals surface area contributed by atoms with Crippen LogP contribution in [0.1, 0.15) is 30.0 Å². The number of amides is 2. The fraction of sp³-hybridized carbons (Fsp3) is 0.310. The molecule has 2 amide bonds. The molecule has 0 aliphatic carbocycles. The van der Waals surface area contributed by atoms with E-state index in [0.717, 1.165) is 27.4 Å². The minimum atomic E-state index is -4.09. The van der Waals surface area contributed by atoms with Gasteiger partial charge in [0.2, 0.25) is 10.0 Å². The summed E-state index contributed by atoms with van der Waals surface area (Å²) < 4.78 is 33.3. The third kappa shape index (κ3) is 7.36. The fourth-order valence-corrected chi connectivity index (χ4v) is 6.03. The normalized spacial score (nSPS) is 12.2. The Labute approximate surface area is 229 Å². The zero-order valence-electron chi connectivity index (χ0n) is 22.8. The number of benzene rings is 3.